The minimum atomic E-state index is -4.88. The zero-order valence-electron chi connectivity index (χ0n) is 45.6. The van der Waals surface area contributed by atoms with E-state index in [4.69, 9.17) is 70.3 Å². The van der Waals surface area contributed by atoms with Gasteiger partial charge in [-0.2, -0.15) is 0 Å². The largest absolute Gasteiger partial charge is 0.481 e. The molecule has 3 aliphatic rings. The number of carboxylic acids is 3. The molecule has 9 rings (SSSR count). The van der Waals surface area contributed by atoms with Gasteiger partial charge in [-0.1, -0.05) is 0 Å². The van der Waals surface area contributed by atoms with E-state index in [1.807, 2.05) is 0 Å². The minimum absolute atomic E-state index is 0.0792. The lowest BCUT2D eigenvalue weighted by atomic mass is 9.99. The van der Waals surface area contributed by atoms with E-state index in [2.05, 4.69) is 44.9 Å². The van der Waals surface area contributed by atoms with Gasteiger partial charge in [0.25, 0.3) is 5.60 Å². The second-order valence-corrected chi connectivity index (χ2v) is 22.9. The van der Waals surface area contributed by atoms with E-state index in [0.29, 0.717) is 17.5 Å². The predicted molar refractivity (Wildman–Crippen MR) is 280 cm³/mol. The fourth-order valence-corrected chi connectivity index (χ4v) is 10.6. The van der Waals surface area contributed by atoms with Gasteiger partial charge < -0.3 is 101 Å². The number of imidazole rings is 3. The number of nitrogen functional groups attached to an aromatic ring is 3. The average molecular weight is 1280 g/mol. The van der Waals surface area contributed by atoms with Gasteiger partial charge in [0.2, 0.25) is 11.7 Å². The molecule has 39 nitrogen and oxygen atoms in total. The number of aromatic nitrogens is 12. The third-order valence-corrected chi connectivity index (χ3v) is 15.4. The summed E-state index contributed by atoms with van der Waals surface area (Å²) in [6, 6.07) is 0. The first kappa shape index (κ1) is 67.1. The fourth-order valence-electron chi connectivity index (χ4n) is 9.07. The molecule has 87 heavy (non-hydrogen) atoms. The summed E-state index contributed by atoms with van der Waals surface area (Å²) in [7, 11) is -9.76. The van der Waals surface area contributed by atoms with E-state index in [1.165, 1.54) is 32.7 Å². The third-order valence-electron chi connectivity index (χ3n) is 13.2. The molecular weight excluding hydrogens is 1220 g/mol. The van der Waals surface area contributed by atoms with Crippen molar-refractivity contribution >= 4 is 95.6 Å². The Morgan fingerprint density at radius 2 is 0.885 bits per heavy atom. The second kappa shape index (κ2) is 26.1. The molecule has 476 valence electrons. The zero-order chi connectivity index (χ0) is 64.7. The molecule has 6 aromatic rings. The van der Waals surface area contributed by atoms with Gasteiger partial charge in [0.15, 0.2) is 77.0 Å². The summed E-state index contributed by atoms with van der Waals surface area (Å²) in [4.78, 5) is 130. The number of carbonyl (C=O) groups excluding carboxylic acids is 2. The Morgan fingerprint density at radius 1 is 0.563 bits per heavy atom. The number of aliphatic hydroxyl groups is 4. The lowest BCUT2D eigenvalue weighted by Gasteiger charge is -2.25. The number of nitrogens with two attached hydrogens (primary N) is 3. The molecule has 0 radical (unpaired) electrons. The van der Waals surface area contributed by atoms with Crippen LogP contribution in [0.1, 0.15) is 56.4 Å². The monoisotopic (exact) mass is 1280 g/mol. The Morgan fingerprint density at radius 3 is 1.20 bits per heavy atom. The Labute approximate surface area is 484 Å². The number of hydrogen-bond donors (Lipinski definition) is 14. The van der Waals surface area contributed by atoms with Crippen LogP contribution in [0, 0.1) is 20.8 Å². The summed E-state index contributed by atoms with van der Waals surface area (Å²) in [5, 5.41) is 68.3. The number of carbonyl (C=O) groups is 5. The van der Waals surface area contributed by atoms with E-state index in [1.54, 1.807) is 20.8 Å². The number of aliphatic carboxylic acids is 3. The highest BCUT2D eigenvalue weighted by Gasteiger charge is 2.54. The summed E-state index contributed by atoms with van der Waals surface area (Å²) >= 11 is 0. The van der Waals surface area contributed by atoms with Crippen LogP contribution in [0.5, 0.6) is 0 Å². The molecule has 17 N–H and O–H groups in total. The van der Waals surface area contributed by atoms with Gasteiger partial charge in [-0.15, -0.1) is 0 Å². The molecule has 0 unspecified atom stereocenters. The number of ketones is 2. The fraction of sp³-hybridized carbons (Fsp3) is 0.545. The summed E-state index contributed by atoms with van der Waals surface area (Å²) in [5.74, 6) is -10.4. The van der Waals surface area contributed by atoms with Gasteiger partial charge >= 0.3 is 33.1 Å². The predicted octanol–water partition coefficient (Wildman–Crippen LogP) is -3.42. The van der Waals surface area contributed by atoms with Gasteiger partial charge in [-0.25, -0.2) is 63.2 Å². The Balaban J connectivity index is 0.000000187. The first-order valence-electron chi connectivity index (χ1n) is 25.0. The molecular formula is C44H57F2N15O24P2. The topological polar surface area (TPSA) is 606 Å². The Hall–Kier alpha value is -7.44. The normalized spacial score (nSPS) is 25.6. The lowest BCUT2D eigenvalue weighted by molar-refractivity contribution is -0.194. The maximum atomic E-state index is 14.7. The van der Waals surface area contributed by atoms with Gasteiger partial charge in [-0.3, -0.25) is 37.2 Å². The molecule has 0 aliphatic carbocycles. The van der Waals surface area contributed by atoms with Crippen molar-refractivity contribution in [3.05, 3.63) is 36.5 Å². The van der Waals surface area contributed by atoms with Crippen molar-refractivity contribution < 1.29 is 126 Å². The number of fused-ring (bicyclic) bond motifs is 3. The number of ether oxygens (including phenoxy) is 6. The van der Waals surface area contributed by atoms with Gasteiger partial charge in [0.05, 0.1) is 45.2 Å². The molecule has 3 aliphatic heterocycles. The van der Waals surface area contributed by atoms with Crippen LogP contribution in [-0.4, -0.2) is 236 Å². The first-order chi connectivity index (χ1) is 40.5. The van der Waals surface area contributed by atoms with Crippen molar-refractivity contribution in [2.24, 2.45) is 0 Å². The van der Waals surface area contributed by atoms with Gasteiger partial charge in [0.1, 0.15) is 76.8 Å². The van der Waals surface area contributed by atoms with E-state index in [-0.39, 0.29) is 50.9 Å². The number of nitrogens with zero attached hydrogens (tertiary/aromatic N) is 12. The summed E-state index contributed by atoms with van der Waals surface area (Å²) in [6.07, 6.45) is -16.0. The number of carboxylic acid groups (broad SMARTS) is 3. The molecule has 43 heteroatoms. The van der Waals surface area contributed by atoms with Crippen LogP contribution in [-0.2, 0) is 61.5 Å². The van der Waals surface area contributed by atoms with Crippen molar-refractivity contribution in [2.45, 2.75) is 132 Å². The summed E-state index contributed by atoms with van der Waals surface area (Å²) in [5.41, 5.74) is 15.5. The van der Waals surface area contributed by atoms with Gasteiger partial charge in [0, 0.05) is 0 Å². The molecule has 3 saturated heterocycles. The standard InChI is InChI=1S/C16H19N5O10.2C14H19FN5O7P/c1-5-19-11(17)8-12(20-5)21(4-18-8)13-10(25)9(24)6(31-13)3-30-16(14(26)27,15(28)29)2-7(22)23;2*1-5(21)14(28(23,24)25)26-3-7-10(22)8(15)13(27-7)20-4-17-9-11(16)18-6(2)19-12(9)20/h4,6,9-10,13,24-25H,2-3H2,1H3,(H,22,23)(H,26,27)(H,28,29)(H2,17,19,20);2*4,7-8,10,13-14,22H,3H2,1-2H3,(H2,16,18,19)(H2,23,24,25)/t6-,9-,10-,13-;7-,8+,10-,13-,14+;7-,8+,10-,13-,14-/m111/s1. The van der Waals surface area contributed by atoms with Crippen LogP contribution in [0.25, 0.3) is 33.5 Å². The quantitative estimate of drug-likeness (QED) is 0.0261. The second-order valence-electron chi connectivity index (χ2n) is 19.6. The average Bonchev–Trinajstić information content (AvgIpc) is 1.70. The SMILES string of the molecule is CC(=O)[C@@H](OC[C@H]1O[C@@H](n2cnc3c(N)nc(C)nc32)[C@@H](F)[C@@H]1O)P(=O)(O)O.CC(=O)[C@H](OC[C@H]1O[C@@H](n2cnc3c(N)nc(C)nc32)[C@@H](F)[C@@H]1O)P(=O)(O)O.Cc1nc(N)c2ncn([C@@H]3O[C@H](COC(CC(=O)O)(C(=O)O)C(=O)O)[C@@H](O)[C@H]3O)c2n1. The number of aliphatic hydroxyl groups excluding tert-OH is 4. The van der Waals surface area contributed by atoms with Crippen LogP contribution in [0.4, 0.5) is 26.2 Å². The summed E-state index contributed by atoms with van der Waals surface area (Å²) in [6.45, 7) is 4.57. The number of Topliss-reactive ketones (excluding diaryl/α,β-unsaturated/α-hetero) is 2. The Kier molecular flexibility index (Phi) is 20.1. The smallest absolute Gasteiger partial charge is 0.361 e. The third kappa shape index (κ3) is 14.1. The Bertz CT molecular complexity index is 3520. The lowest BCUT2D eigenvalue weighted by Crippen LogP contribution is -2.52. The maximum Gasteiger partial charge on any atom is 0.361 e. The van der Waals surface area contributed by atoms with Crippen LogP contribution < -0.4 is 17.2 Å². The minimum Gasteiger partial charge on any atom is -0.481 e. The van der Waals surface area contributed by atoms with Crippen molar-refractivity contribution in [3.63, 3.8) is 0 Å². The molecule has 0 amide bonds. The first-order valence-corrected chi connectivity index (χ1v) is 28.4. The highest BCUT2D eigenvalue weighted by molar-refractivity contribution is 7.53. The van der Waals surface area contributed by atoms with Crippen molar-refractivity contribution in [2.75, 3.05) is 37.0 Å². The number of halogens is 2. The molecule has 0 saturated carbocycles. The molecule has 14 atom stereocenters. The van der Waals surface area contributed by atoms with Crippen molar-refractivity contribution in [1.29, 1.82) is 0 Å². The number of rotatable bonds is 20. The van der Waals surface area contributed by atoms with E-state index in [0.717, 1.165) is 13.8 Å². The highest BCUT2D eigenvalue weighted by atomic mass is 31.2. The van der Waals surface area contributed by atoms with E-state index < -0.39 is 162 Å². The number of alkyl halides is 2. The van der Waals surface area contributed by atoms with E-state index >= 15 is 0 Å². The van der Waals surface area contributed by atoms with Crippen molar-refractivity contribution in [3.8, 4) is 0 Å². The molecule has 0 spiro atoms. The number of anilines is 3. The highest BCUT2D eigenvalue weighted by Crippen LogP contribution is 2.45. The van der Waals surface area contributed by atoms with Gasteiger partial charge in [-0.05, 0) is 34.6 Å². The molecule has 3 fully saturated rings. The molecule has 6 aromatic heterocycles. The van der Waals surface area contributed by atoms with Crippen LogP contribution >= 0.6 is 15.2 Å². The number of aryl methyl sites for hydroxylation is 3. The van der Waals surface area contributed by atoms with Crippen molar-refractivity contribution in [1.82, 2.24) is 58.6 Å². The van der Waals surface area contributed by atoms with Crippen LogP contribution in [0.3, 0.4) is 0 Å². The molecule has 9 heterocycles. The van der Waals surface area contributed by atoms with E-state index in [9.17, 15) is 72.5 Å². The maximum absolute atomic E-state index is 14.7. The van der Waals surface area contributed by atoms with Crippen LogP contribution in [0.15, 0.2) is 19.0 Å². The van der Waals surface area contributed by atoms with Crippen LogP contribution in [0.2, 0.25) is 0 Å². The zero-order valence-corrected chi connectivity index (χ0v) is 47.4. The molecule has 0 bridgehead atoms. The molecule has 0 aromatic carbocycles. The number of hydrogen-bond acceptors (Lipinski definition) is 29. The summed E-state index contributed by atoms with van der Waals surface area (Å²) < 4.78 is 87.0.